The van der Waals surface area contributed by atoms with Crippen molar-refractivity contribution in [1.29, 1.82) is 0 Å². The summed E-state index contributed by atoms with van der Waals surface area (Å²) >= 11 is 0. The van der Waals surface area contributed by atoms with E-state index >= 15 is 0 Å². The number of aryl methyl sites for hydroxylation is 1. The van der Waals surface area contributed by atoms with Gasteiger partial charge >= 0.3 is 6.18 Å². The smallest absolute Gasteiger partial charge is 0.310 e. The van der Waals surface area contributed by atoms with Crippen LogP contribution in [0.3, 0.4) is 0 Å². The molecule has 2 aromatic rings. The number of nitrogens with one attached hydrogen (secondary N) is 1. The molecule has 0 bridgehead atoms. The van der Waals surface area contributed by atoms with Crippen LogP contribution in [-0.4, -0.2) is 25.0 Å². The lowest BCUT2D eigenvalue weighted by Crippen LogP contribution is -2.30. The van der Waals surface area contributed by atoms with Crippen molar-refractivity contribution in [3.63, 3.8) is 0 Å². The summed E-state index contributed by atoms with van der Waals surface area (Å²) in [5.74, 6) is 0. The third-order valence-corrected chi connectivity index (χ3v) is 6.06. The van der Waals surface area contributed by atoms with Gasteiger partial charge in [0.2, 0.25) is 0 Å². The first-order valence-corrected chi connectivity index (χ1v) is 10.9. The maximum absolute atomic E-state index is 12.6. The van der Waals surface area contributed by atoms with E-state index in [0.717, 1.165) is 30.6 Å². The normalized spacial score (nSPS) is 20.7. The predicted octanol–water partition coefficient (Wildman–Crippen LogP) is 6.48. The monoisotopic (exact) mass is 420 g/mol. The summed E-state index contributed by atoms with van der Waals surface area (Å²) in [6.07, 6.45) is -2.23. The van der Waals surface area contributed by atoms with Crippen LogP contribution < -0.4 is 5.32 Å². The van der Waals surface area contributed by atoms with Crippen LogP contribution in [0.5, 0.6) is 0 Å². The molecule has 1 N–H and O–H groups in total. The Morgan fingerprint density at radius 2 is 1.70 bits per heavy atom. The van der Waals surface area contributed by atoms with Gasteiger partial charge in [0, 0.05) is 18.6 Å². The highest BCUT2D eigenvalue weighted by molar-refractivity contribution is 5.38. The quantitative estimate of drug-likeness (QED) is 0.525. The van der Waals surface area contributed by atoms with Crippen molar-refractivity contribution < 1.29 is 13.2 Å². The number of rotatable bonds is 0. The van der Waals surface area contributed by atoms with Gasteiger partial charge < -0.3 is 5.32 Å². The van der Waals surface area contributed by atoms with E-state index in [1.807, 2.05) is 27.8 Å². The van der Waals surface area contributed by atoms with Gasteiger partial charge in [-0.25, -0.2) is 0 Å². The fraction of sp³-hybridized carbons (Fsp3) is 0.520. The fourth-order valence-electron chi connectivity index (χ4n) is 4.11. The van der Waals surface area contributed by atoms with Gasteiger partial charge in [0.05, 0.1) is 5.56 Å². The molecule has 0 fully saturated rings. The minimum atomic E-state index is -4.25. The Bertz CT molecular complexity index is 830. The van der Waals surface area contributed by atoms with Crippen LogP contribution in [0.25, 0.3) is 0 Å². The standard InChI is InChI=1S/C12H14F3N.C11H15N.C2H6/c1-8-11-7-10(12(13,14)15)4-3-9(11)5-6-16(8)2;1-8-4-3-5-11-9(2)12-7-6-10(8)11;1-2/h3-4,7-8H,5-6H2,1-2H3;3-5,9,12H,6-7H2,1-2H3;1-2H3. The number of likely N-dealkylation sites (N-methyl/N-ethyl adjacent to an activating group) is 1. The Labute approximate surface area is 179 Å². The maximum atomic E-state index is 12.6. The molecule has 2 unspecified atom stereocenters. The molecule has 0 amide bonds. The van der Waals surface area contributed by atoms with E-state index in [1.165, 1.54) is 29.7 Å². The van der Waals surface area contributed by atoms with Crippen LogP contribution >= 0.6 is 0 Å². The number of fused-ring (bicyclic) bond motifs is 2. The molecule has 0 spiro atoms. The van der Waals surface area contributed by atoms with Gasteiger partial charge in [0.1, 0.15) is 0 Å². The number of nitrogens with zero attached hydrogens (tertiary/aromatic N) is 1. The summed E-state index contributed by atoms with van der Waals surface area (Å²) in [6.45, 7) is 12.4. The van der Waals surface area contributed by atoms with Crippen LogP contribution in [0.4, 0.5) is 13.2 Å². The number of benzene rings is 2. The van der Waals surface area contributed by atoms with Crippen LogP contribution in [-0.2, 0) is 19.0 Å². The molecule has 4 rings (SSSR count). The molecule has 2 heterocycles. The zero-order chi connectivity index (χ0) is 22.5. The zero-order valence-corrected chi connectivity index (χ0v) is 19.0. The van der Waals surface area contributed by atoms with Crippen LogP contribution in [0.2, 0.25) is 0 Å². The lowest BCUT2D eigenvalue weighted by atomic mass is 9.92. The van der Waals surface area contributed by atoms with Gasteiger partial charge in [-0.1, -0.05) is 38.1 Å². The minimum Gasteiger partial charge on any atom is -0.310 e. The first-order chi connectivity index (χ1) is 14.2. The third-order valence-electron chi connectivity index (χ3n) is 6.06. The van der Waals surface area contributed by atoms with E-state index in [0.29, 0.717) is 6.04 Å². The highest BCUT2D eigenvalue weighted by atomic mass is 19.4. The zero-order valence-electron chi connectivity index (χ0n) is 19.0. The van der Waals surface area contributed by atoms with Gasteiger partial charge in [0.15, 0.2) is 0 Å². The molecule has 0 radical (unpaired) electrons. The number of alkyl halides is 3. The predicted molar refractivity (Wildman–Crippen MR) is 119 cm³/mol. The highest BCUT2D eigenvalue weighted by Gasteiger charge is 2.32. The largest absolute Gasteiger partial charge is 0.416 e. The minimum absolute atomic E-state index is 0.0612. The second-order valence-corrected chi connectivity index (χ2v) is 7.89. The van der Waals surface area contributed by atoms with Gasteiger partial charge in [-0.15, -0.1) is 0 Å². The number of hydrogen-bond acceptors (Lipinski definition) is 2. The molecule has 166 valence electrons. The average molecular weight is 421 g/mol. The first kappa shape index (κ1) is 24.4. The average Bonchev–Trinajstić information content (AvgIpc) is 2.73. The van der Waals surface area contributed by atoms with Gasteiger partial charge in [0.25, 0.3) is 0 Å². The topological polar surface area (TPSA) is 15.3 Å². The summed E-state index contributed by atoms with van der Waals surface area (Å²) < 4.78 is 37.7. The van der Waals surface area contributed by atoms with Crippen molar-refractivity contribution in [2.45, 2.75) is 65.7 Å². The molecule has 5 heteroatoms. The molecule has 2 atom stereocenters. The molecule has 30 heavy (non-hydrogen) atoms. The Kier molecular flexibility index (Phi) is 8.51. The molecule has 2 aliphatic rings. The van der Waals surface area contributed by atoms with Crippen LogP contribution in [0, 0.1) is 6.92 Å². The van der Waals surface area contributed by atoms with E-state index in [9.17, 15) is 13.2 Å². The van der Waals surface area contributed by atoms with Crippen molar-refractivity contribution in [2.75, 3.05) is 20.1 Å². The third kappa shape index (κ3) is 5.64. The Balaban J connectivity index is 0.000000204. The van der Waals surface area contributed by atoms with E-state index in [1.54, 1.807) is 11.6 Å². The van der Waals surface area contributed by atoms with Crippen LogP contribution in [0.1, 0.15) is 73.2 Å². The van der Waals surface area contributed by atoms with Crippen molar-refractivity contribution in [3.8, 4) is 0 Å². The summed E-state index contributed by atoms with van der Waals surface area (Å²) in [4.78, 5) is 2.07. The lowest BCUT2D eigenvalue weighted by Gasteiger charge is -2.32. The molecular weight excluding hydrogens is 385 g/mol. The second kappa shape index (κ2) is 10.5. The van der Waals surface area contributed by atoms with Gasteiger partial charge in [-0.05, 0) is 87.2 Å². The number of hydrogen-bond donors (Lipinski definition) is 1. The molecular formula is C25H35F3N2. The maximum Gasteiger partial charge on any atom is 0.416 e. The van der Waals surface area contributed by atoms with Gasteiger partial charge in [-0.2, -0.15) is 13.2 Å². The van der Waals surface area contributed by atoms with E-state index in [-0.39, 0.29) is 6.04 Å². The fourth-order valence-corrected chi connectivity index (χ4v) is 4.11. The first-order valence-electron chi connectivity index (χ1n) is 10.9. The molecule has 2 aromatic carbocycles. The molecule has 2 nitrogen and oxygen atoms in total. The van der Waals surface area contributed by atoms with Crippen molar-refractivity contribution in [1.82, 2.24) is 10.2 Å². The second-order valence-electron chi connectivity index (χ2n) is 7.89. The van der Waals surface area contributed by atoms with Gasteiger partial charge in [-0.3, -0.25) is 4.90 Å². The molecule has 0 aliphatic carbocycles. The van der Waals surface area contributed by atoms with E-state index < -0.39 is 11.7 Å². The summed E-state index contributed by atoms with van der Waals surface area (Å²) in [5, 5.41) is 3.47. The molecule has 0 saturated heterocycles. The lowest BCUT2D eigenvalue weighted by molar-refractivity contribution is -0.137. The van der Waals surface area contributed by atoms with Crippen molar-refractivity contribution >= 4 is 0 Å². The molecule has 0 saturated carbocycles. The Hall–Kier alpha value is -1.85. The van der Waals surface area contributed by atoms with E-state index in [4.69, 9.17) is 0 Å². The summed E-state index contributed by atoms with van der Waals surface area (Å²) in [7, 11) is 1.94. The Morgan fingerprint density at radius 3 is 2.33 bits per heavy atom. The van der Waals surface area contributed by atoms with Crippen molar-refractivity contribution in [2.24, 2.45) is 0 Å². The van der Waals surface area contributed by atoms with Crippen LogP contribution in [0.15, 0.2) is 36.4 Å². The Morgan fingerprint density at radius 1 is 1.00 bits per heavy atom. The highest BCUT2D eigenvalue weighted by Crippen LogP contribution is 2.35. The molecule has 2 aliphatic heterocycles. The number of halogens is 3. The van der Waals surface area contributed by atoms with Crippen molar-refractivity contribution in [3.05, 3.63) is 69.8 Å². The SMILES string of the molecule is CC.CC1c2cc(C(F)(F)F)ccc2CCN1C.Cc1cccc2c1CCNC2C. The molecule has 0 aromatic heterocycles. The summed E-state index contributed by atoms with van der Waals surface area (Å²) in [5.41, 5.74) is 5.79. The summed E-state index contributed by atoms with van der Waals surface area (Å²) in [6, 6.07) is 11.3. The van der Waals surface area contributed by atoms with E-state index in [2.05, 4.69) is 42.3 Å².